The van der Waals surface area contributed by atoms with E-state index in [1.807, 2.05) is 12.3 Å². The molecule has 0 saturated heterocycles. The molecule has 2 fully saturated rings. The fraction of sp³-hybridized carbons (Fsp3) is 0.458. The van der Waals surface area contributed by atoms with E-state index in [0.29, 0.717) is 11.5 Å². The van der Waals surface area contributed by atoms with Crippen molar-refractivity contribution in [2.45, 2.75) is 58.0 Å². The zero-order chi connectivity index (χ0) is 19.7. The highest BCUT2D eigenvalue weighted by Crippen LogP contribution is 2.73. The molecular formula is C24H26O3S. The number of carbonyl (C=O) groups excluding carboxylic acids is 1. The predicted octanol–water partition coefficient (Wildman–Crippen LogP) is 6.19. The molecule has 2 heterocycles. The number of esters is 1. The zero-order valence-corrected chi connectivity index (χ0v) is 17.7. The van der Waals surface area contributed by atoms with Gasteiger partial charge in [0.25, 0.3) is 0 Å². The Bertz CT molecular complexity index is 991. The van der Waals surface area contributed by atoms with E-state index in [2.05, 4.69) is 39.0 Å². The third-order valence-electron chi connectivity index (χ3n) is 8.12. The highest BCUT2D eigenvalue weighted by Gasteiger charge is 2.73. The summed E-state index contributed by atoms with van der Waals surface area (Å²) in [5.74, 6) is 1.33. The quantitative estimate of drug-likeness (QED) is 0.460. The molecular weight excluding hydrogens is 368 g/mol. The monoisotopic (exact) mass is 394 g/mol. The fourth-order valence-electron chi connectivity index (χ4n) is 6.09. The van der Waals surface area contributed by atoms with Crippen LogP contribution in [0.25, 0.3) is 5.57 Å². The van der Waals surface area contributed by atoms with Crippen molar-refractivity contribution < 1.29 is 14.3 Å². The minimum absolute atomic E-state index is 0.0158. The average molecular weight is 395 g/mol. The lowest BCUT2D eigenvalue weighted by Crippen LogP contribution is -2.54. The molecule has 0 amide bonds. The fourth-order valence-corrected chi connectivity index (χ4v) is 6.72. The second-order valence-corrected chi connectivity index (χ2v) is 10.0. The van der Waals surface area contributed by atoms with Crippen LogP contribution in [0.2, 0.25) is 0 Å². The van der Waals surface area contributed by atoms with E-state index in [4.69, 9.17) is 9.47 Å². The Labute approximate surface area is 170 Å². The number of thiophene rings is 1. The number of benzene rings is 1. The molecule has 1 aliphatic heterocycles. The van der Waals surface area contributed by atoms with Crippen LogP contribution in [0.1, 0.15) is 68.4 Å². The average Bonchev–Trinajstić information content (AvgIpc) is 3.41. The second kappa shape index (κ2) is 5.73. The van der Waals surface area contributed by atoms with Gasteiger partial charge in [-0.15, -0.1) is 0 Å². The maximum atomic E-state index is 12.1. The number of hydrogen-bond donors (Lipinski definition) is 0. The lowest BCUT2D eigenvalue weighted by atomic mass is 9.56. The summed E-state index contributed by atoms with van der Waals surface area (Å²) in [6.45, 7) is 9.14. The van der Waals surface area contributed by atoms with Crippen LogP contribution in [0, 0.1) is 11.3 Å². The third-order valence-corrected chi connectivity index (χ3v) is 8.80. The summed E-state index contributed by atoms with van der Waals surface area (Å²) >= 11 is 1.49. The molecule has 2 saturated carbocycles. The van der Waals surface area contributed by atoms with Crippen LogP contribution in [-0.4, -0.2) is 11.6 Å². The van der Waals surface area contributed by atoms with Gasteiger partial charge in [0.15, 0.2) is 0 Å². The lowest BCUT2D eigenvalue weighted by molar-refractivity contribution is -0.0260. The number of carbonyl (C=O) groups is 1. The van der Waals surface area contributed by atoms with Gasteiger partial charge in [-0.05, 0) is 79.2 Å². The molecule has 0 spiro atoms. The summed E-state index contributed by atoms with van der Waals surface area (Å²) in [6, 6.07) is 8.21. The molecule has 3 nitrogen and oxygen atoms in total. The highest BCUT2D eigenvalue weighted by atomic mass is 32.1. The standard InChI is InChI=1S/C24H26O3S/c1-15(13-26-21(25)17-8-10-28-14-17)16-5-6-20-19(11-16)23(3)22(2)9-7-18(12-22)24(23,4)27-20/h5-6,8,10-11,13-14,18H,7,9,12H2,1-4H3. The van der Waals surface area contributed by atoms with Gasteiger partial charge in [0.05, 0.1) is 11.8 Å². The van der Waals surface area contributed by atoms with Crippen LogP contribution in [0.3, 0.4) is 0 Å². The largest absolute Gasteiger partial charge is 0.486 e. The zero-order valence-electron chi connectivity index (χ0n) is 16.9. The van der Waals surface area contributed by atoms with E-state index in [1.54, 1.807) is 17.7 Å². The van der Waals surface area contributed by atoms with Crippen molar-refractivity contribution in [2.75, 3.05) is 0 Å². The lowest BCUT2D eigenvalue weighted by Gasteiger charge is -2.48. The number of fused-ring (bicyclic) bond motifs is 7. The van der Waals surface area contributed by atoms with E-state index in [9.17, 15) is 4.79 Å². The van der Waals surface area contributed by atoms with Gasteiger partial charge in [-0.3, -0.25) is 0 Å². The van der Waals surface area contributed by atoms with Gasteiger partial charge in [-0.2, -0.15) is 11.3 Å². The molecule has 5 rings (SSSR count). The molecule has 4 atom stereocenters. The van der Waals surface area contributed by atoms with Crippen LogP contribution >= 0.6 is 11.3 Å². The molecule has 0 N–H and O–H groups in total. The smallest absolute Gasteiger partial charge is 0.343 e. The maximum Gasteiger partial charge on any atom is 0.343 e. The highest BCUT2D eigenvalue weighted by molar-refractivity contribution is 7.08. The first-order valence-corrected chi connectivity index (χ1v) is 11.0. The van der Waals surface area contributed by atoms with Crippen molar-refractivity contribution in [3.05, 3.63) is 58.0 Å². The van der Waals surface area contributed by atoms with Crippen molar-refractivity contribution in [1.29, 1.82) is 0 Å². The number of ether oxygens (including phenoxy) is 2. The Morgan fingerprint density at radius 1 is 1.25 bits per heavy atom. The topological polar surface area (TPSA) is 35.5 Å². The van der Waals surface area contributed by atoms with Crippen LogP contribution < -0.4 is 4.74 Å². The predicted molar refractivity (Wildman–Crippen MR) is 112 cm³/mol. The maximum absolute atomic E-state index is 12.1. The summed E-state index contributed by atoms with van der Waals surface area (Å²) in [4.78, 5) is 12.1. The molecule has 4 unspecified atom stereocenters. The summed E-state index contributed by atoms with van der Waals surface area (Å²) in [5, 5.41) is 3.68. The van der Waals surface area contributed by atoms with Crippen LogP contribution in [-0.2, 0) is 10.2 Å². The van der Waals surface area contributed by atoms with Gasteiger partial charge in [-0.25, -0.2) is 4.79 Å². The van der Waals surface area contributed by atoms with Crippen LogP contribution in [0.4, 0.5) is 0 Å². The second-order valence-electron chi connectivity index (χ2n) is 9.26. The van der Waals surface area contributed by atoms with E-state index in [-0.39, 0.29) is 22.4 Å². The van der Waals surface area contributed by atoms with Crippen molar-refractivity contribution in [1.82, 2.24) is 0 Å². The van der Waals surface area contributed by atoms with E-state index in [0.717, 1.165) is 16.9 Å². The number of rotatable bonds is 3. The minimum Gasteiger partial charge on any atom is -0.486 e. The molecule has 2 aliphatic carbocycles. The van der Waals surface area contributed by atoms with Gasteiger partial charge in [0.1, 0.15) is 11.4 Å². The van der Waals surface area contributed by atoms with Gasteiger partial charge in [-0.1, -0.05) is 19.9 Å². The molecule has 0 radical (unpaired) electrons. The Balaban J connectivity index is 1.48. The molecule has 28 heavy (non-hydrogen) atoms. The summed E-state index contributed by atoms with van der Waals surface area (Å²) in [5.41, 5.74) is 4.10. The minimum atomic E-state index is -0.315. The normalized spacial score (nSPS) is 35.4. The Hall–Kier alpha value is -2.07. The molecule has 2 aromatic rings. The van der Waals surface area contributed by atoms with Crippen molar-refractivity contribution in [3.63, 3.8) is 0 Å². The SMILES string of the molecule is CC(=COC(=O)c1ccsc1)c1ccc2c(c1)C1(C)C3(C)CCC(C3)C1(C)O2. The Morgan fingerprint density at radius 2 is 2.07 bits per heavy atom. The van der Waals surface area contributed by atoms with Gasteiger partial charge in [0.2, 0.25) is 0 Å². The van der Waals surface area contributed by atoms with Gasteiger partial charge < -0.3 is 9.47 Å². The van der Waals surface area contributed by atoms with E-state index in [1.165, 1.54) is 36.2 Å². The summed E-state index contributed by atoms with van der Waals surface area (Å²) in [7, 11) is 0. The van der Waals surface area contributed by atoms with Gasteiger partial charge in [0, 0.05) is 16.4 Å². The van der Waals surface area contributed by atoms with E-state index < -0.39 is 0 Å². The van der Waals surface area contributed by atoms with Gasteiger partial charge >= 0.3 is 5.97 Å². The Morgan fingerprint density at radius 3 is 2.82 bits per heavy atom. The van der Waals surface area contributed by atoms with Crippen LogP contribution in [0.15, 0.2) is 41.3 Å². The number of allylic oxidation sites excluding steroid dienone is 1. The molecule has 4 heteroatoms. The van der Waals surface area contributed by atoms with Crippen molar-refractivity contribution >= 4 is 22.9 Å². The van der Waals surface area contributed by atoms with E-state index >= 15 is 0 Å². The third kappa shape index (κ3) is 2.13. The summed E-state index contributed by atoms with van der Waals surface area (Å²) in [6.07, 6.45) is 5.35. The molecule has 146 valence electrons. The number of hydrogen-bond acceptors (Lipinski definition) is 4. The van der Waals surface area contributed by atoms with Crippen molar-refractivity contribution in [3.8, 4) is 5.75 Å². The molecule has 3 aliphatic rings. The van der Waals surface area contributed by atoms with Crippen molar-refractivity contribution in [2.24, 2.45) is 11.3 Å². The molecule has 1 aromatic heterocycles. The first-order valence-electron chi connectivity index (χ1n) is 10.0. The first kappa shape index (κ1) is 18.0. The Kier molecular flexibility index (Phi) is 3.68. The first-order chi connectivity index (χ1) is 13.3. The summed E-state index contributed by atoms with van der Waals surface area (Å²) < 4.78 is 12.0. The molecule has 1 aromatic carbocycles. The molecule has 2 bridgehead atoms. The van der Waals surface area contributed by atoms with Crippen LogP contribution in [0.5, 0.6) is 5.75 Å².